The van der Waals surface area contributed by atoms with Crippen LogP contribution in [0.25, 0.3) is 0 Å². The smallest absolute Gasteiger partial charge is 0.305 e. The van der Waals surface area contributed by atoms with E-state index in [1.807, 2.05) is 13.8 Å². The highest BCUT2D eigenvalue weighted by Gasteiger charge is 2.50. The third kappa shape index (κ3) is 2.25. The largest absolute Gasteiger partial charge is 0.325 e. The summed E-state index contributed by atoms with van der Waals surface area (Å²) in [6, 6.07) is 5.70. The summed E-state index contributed by atoms with van der Waals surface area (Å²) >= 11 is 0. The lowest BCUT2D eigenvalue weighted by Crippen LogP contribution is -2.48. The molecule has 1 N–H and O–H groups in total. The molecule has 1 heterocycles. The first-order chi connectivity index (χ1) is 10.00. The van der Waals surface area contributed by atoms with Crippen LogP contribution in [0.3, 0.4) is 0 Å². The van der Waals surface area contributed by atoms with Crippen LogP contribution in [0.5, 0.6) is 0 Å². The summed E-state index contributed by atoms with van der Waals surface area (Å²) in [5, 5.41) is 11.1. The zero-order chi connectivity index (χ0) is 15.6. The summed E-state index contributed by atoms with van der Waals surface area (Å²) in [7, 11) is 0. The number of rotatable bonds is 4. The maximum Gasteiger partial charge on any atom is 0.325 e. The summed E-state index contributed by atoms with van der Waals surface area (Å²) in [5.41, 5.74) is -0.797. The lowest BCUT2D eigenvalue weighted by atomic mass is 9.91. The number of benzene rings is 1. The Morgan fingerprint density at radius 1 is 1.33 bits per heavy atom. The molecule has 110 valence electrons. The zero-order valence-corrected chi connectivity index (χ0v) is 11.9. The highest BCUT2D eigenvalue weighted by molar-refractivity contribution is 6.06. The summed E-state index contributed by atoms with van der Waals surface area (Å²) in [6.07, 6.45) is 0.890. The normalized spacial score (nSPS) is 16.8. The van der Waals surface area contributed by atoms with E-state index in [1.165, 1.54) is 17.0 Å². The van der Waals surface area contributed by atoms with E-state index in [0.717, 1.165) is 0 Å². The molecule has 1 saturated heterocycles. The van der Waals surface area contributed by atoms with E-state index in [4.69, 9.17) is 5.26 Å². The molecule has 1 aromatic rings. The average Bonchev–Trinajstić information content (AvgIpc) is 2.72. The van der Waals surface area contributed by atoms with Gasteiger partial charge in [0.05, 0.1) is 12.1 Å². The van der Waals surface area contributed by atoms with Crippen LogP contribution < -0.4 is 5.32 Å². The number of halogens is 1. The number of nitriles is 1. The second-order valence-corrected chi connectivity index (χ2v) is 4.97. The van der Waals surface area contributed by atoms with Crippen molar-refractivity contribution in [1.82, 2.24) is 10.2 Å². The standard InChI is InChI=1S/C15H16FN3O2/c1-3-15(4-2)13(20)18-14(21)19(15)9-11-7-5-6-10(8-17)12(11)16/h5-7H,3-4,9H2,1-2H3,(H,18,20,21). The van der Waals surface area contributed by atoms with Gasteiger partial charge in [0.2, 0.25) is 0 Å². The van der Waals surface area contributed by atoms with Crippen LogP contribution in [-0.2, 0) is 11.3 Å². The van der Waals surface area contributed by atoms with Crippen LogP contribution in [0.15, 0.2) is 18.2 Å². The van der Waals surface area contributed by atoms with Crippen LogP contribution in [0, 0.1) is 17.1 Å². The molecule has 0 bridgehead atoms. The molecule has 5 nitrogen and oxygen atoms in total. The molecule has 0 radical (unpaired) electrons. The number of carbonyl (C=O) groups excluding carboxylic acids is 2. The van der Waals surface area contributed by atoms with Crippen LogP contribution >= 0.6 is 0 Å². The molecule has 21 heavy (non-hydrogen) atoms. The highest BCUT2D eigenvalue weighted by Crippen LogP contribution is 2.31. The van der Waals surface area contributed by atoms with Gasteiger partial charge in [-0.2, -0.15) is 5.26 Å². The minimum atomic E-state index is -0.952. The molecule has 2 rings (SSSR count). The van der Waals surface area contributed by atoms with Crippen LogP contribution in [-0.4, -0.2) is 22.4 Å². The Labute approximate surface area is 122 Å². The Morgan fingerprint density at radius 2 is 2.00 bits per heavy atom. The van der Waals surface area contributed by atoms with Gasteiger partial charge in [-0.05, 0) is 18.9 Å². The molecule has 6 heteroatoms. The minimum absolute atomic E-state index is 0.0411. The summed E-state index contributed by atoms with van der Waals surface area (Å²) < 4.78 is 14.1. The summed E-state index contributed by atoms with van der Waals surface area (Å²) in [6.45, 7) is 3.59. The van der Waals surface area contributed by atoms with Gasteiger partial charge in [0, 0.05) is 5.56 Å². The van der Waals surface area contributed by atoms with Crippen molar-refractivity contribution in [2.24, 2.45) is 0 Å². The SMILES string of the molecule is CCC1(CC)C(=O)NC(=O)N1Cc1cccc(C#N)c1F. The molecule has 0 saturated carbocycles. The maximum atomic E-state index is 14.1. The van der Waals surface area contributed by atoms with Crippen molar-refractivity contribution in [3.63, 3.8) is 0 Å². The van der Waals surface area contributed by atoms with Gasteiger partial charge in [0.15, 0.2) is 0 Å². The number of hydrogen-bond donors (Lipinski definition) is 1. The Kier molecular flexibility index (Phi) is 3.94. The first-order valence-corrected chi connectivity index (χ1v) is 6.80. The number of hydrogen-bond acceptors (Lipinski definition) is 3. The third-order valence-electron chi connectivity index (χ3n) is 4.10. The predicted octanol–water partition coefficient (Wildman–Crippen LogP) is 2.31. The quantitative estimate of drug-likeness (QED) is 0.864. The lowest BCUT2D eigenvalue weighted by Gasteiger charge is -2.33. The molecule has 1 aliphatic rings. The molecule has 0 atom stereocenters. The number of urea groups is 1. The molecule has 0 spiro atoms. The molecule has 1 aromatic carbocycles. The van der Waals surface area contributed by atoms with E-state index in [2.05, 4.69) is 5.32 Å². The molecular weight excluding hydrogens is 273 g/mol. The van der Waals surface area contributed by atoms with Gasteiger partial charge < -0.3 is 4.90 Å². The van der Waals surface area contributed by atoms with Gasteiger partial charge in [-0.1, -0.05) is 26.0 Å². The molecule has 3 amide bonds. The number of nitrogens with zero attached hydrogens (tertiary/aromatic N) is 2. The monoisotopic (exact) mass is 289 g/mol. The van der Waals surface area contributed by atoms with Gasteiger partial charge in [-0.3, -0.25) is 10.1 Å². The first kappa shape index (κ1) is 15.0. The van der Waals surface area contributed by atoms with Crippen molar-refractivity contribution in [2.75, 3.05) is 0 Å². The molecule has 0 unspecified atom stereocenters. The van der Waals surface area contributed by atoms with Gasteiger partial charge in [0.25, 0.3) is 5.91 Å². The Morgan fingerprint density at radius 3 is 2.57 bits per heavy atom. The second-order valence-electron chi connectivity index (χ2n) is 4.97. The molecule has 0 aliphatic carbocycles. The molecular formula is C15H16FN3O2. The van der Waals surface area contributed by atoms with E-state index < -0.39 is 17.4 Å². The van der Waals surface area contributed by atoms with Crippen molar-refractivity contribution in [3.05, 3.63) is 35.1 Å². The Bertz CT molecular complexity index is 632. The topological polar surface area (TPSA) is 73.2 Å². The number of amides is 3. The van der Waals surface area contributed by atoms with Gasteiger partial charge in [0.1, 0.15) is 17.4 Å². The van der Waals surface area contributed by atoms with E-state index in [-0.39, 0.29) is 23.6 Å². The van der Waals surface area contributed by atoms with Gasteiger partial charge in [-0.25, -0.2) is 9.18 Å². The van der Waals surface area contributed by atoms with Crippen molar-refractivity contribution < 1.29 is 14.0 Å². The van der Waals surface area contributed by atoms with E-state index in [9.17, 15) is 14.0 Å². The molecule has 1 aliphatic heterocycles. The van der Waals surface area contributed by atoms with Crippen LogP contribution in [0.4, 0.5) is 9.18 Å². The minimum Gasteiger partial charge on any atom is -0.305 e. The lowest BCUT2D eigenvalue weighted by molar-refractivity contribution is -0.127. The fourth-order valence-electron chi connectivity index (χ4n) is 2.73. The van der Waals surface area contributed by atoms with Crippen LogP contribution in [0.1, 0.15) is 37.8 Å². The average molecular weight is 289 g/mol. The van der Waals surface area contributed by atoms with Crippen molar-refractivity contribution in [3.8, 4) is 6.07 Å². The third-order valence-corrected chi connectivity index (χ3v) is 4.10. The molecule has 1 fully saturated rings. The zero-order valence-electron chi connectivity index (χ0n) is 11.9. The maximum absolute atomic E-state index is 14.1. The summed E-state index contributed by atoms with van der Waals surface area (Å²) in [4.78, 5) is 25.4. The molecule has 0 aromatic heterocycles. The number of imide groups is 1. The Hall–Kier alpha value is -2.42. The first-order valence-electron chi connectivity index (χ1n) is 6.80. The van der Waals surface area contributed by atoms with Crippen molar-refractivity contribution in [2.45, 2.75) is 38.8 Å². The number of nitrogens with one attached hydrogen (secondary N) is 1. The Balaban J connectivity index is 2.40. The van der Waals surface area contributed by atoms with E-state index in [0.29, 0.717) is 12.8 Å². The number of carbonyl (C=O) groups is 2. The van der Waals surface area contributed by atoms with Crippen molar-refractivity contribution in [1.29, 1.82) is 5.26 Å². The highest BCUT2D eigenvalue weighted by atomic mass is 19.1. The van der Waals surface area contributed by atoms with Gasteiger partial charge >= 0.3 is 6.03 Å². The van der Waals surface area contributed by atoms with E-state index >= 15 is 0 Å². The second kappa shape index (κ2) is 5.52. The summed E-state index contributed by atoms with van der Waals surface area (Å²) in [5.74, 6) is -0.998. The predicted molar refractivity (Wildman–Crippen MR) is 73.5 cm³/mol. The van der Waals surface area contributed by atoms with Gasteiger partial charge in [-0.15, -0.1) is 0 Å². The van der Waals surface area contributed by atoms with E-state index in [1.54, 1.807) is 12.1 Å². The fraction of sp³-hybridized carbons (Fsp3) is 0.400. The fourth-order valence-corrected chi connectivity index (χ4v) is 2.73. The van der Waals surface area contributed by atoms with Crippen LogP contribution in [0.2, 0.25) is 0 Å². The van der Waals surface area contributed by atoms with Crippen molar-refractivity contribution >= 4 is 11.9 Å².